The largest absolute Gasteiger partial charge is 0.481 e. The van der Waals surface area contributed by atoms with Gasteiger partial charge in [-0.05, 0) is 25.7 Å². The maximum absolute atomic E-state index is 12.2. The number of rotatable bonds is 10. The van der Waals surface area contributed by atoms with Gasteiger partial charge in [-0.25, -0.2) is 0 Å². The number of carbonyl (C=O) groups excluding carboxylic acids is 2. The van der Waals surface area contributed by atoms with Crippen LogP contribution in [0.1, 0.15) is 67.2 Å². The molecule has 1 fully saturated rings. The molecule has 0 spiro atoms. The van der Waals surface area contributed by atoms with Crippen LogP contribution in [0.25, 0.3) is 0 Å². The van der Waals surface area contributed by atoms with Crippen LogP contribution >= 0.6 is 0 Å². The molecule has 1 rings (SSSR count). The SMILES string of the molecule is CCC(CC(=O)O)OC(=O)CC(CC)O[C@@H]1OC(C)[C@H](C)C(C)[C@@H]1OC(C)=O. The van der Waals surface area contributed by atoms with Gasteiger partial charge >= 0.3 is 17.9 Å². The highest BCUT2D eigenvalue weighted by atomic mass is 16.7. The van der Waals surface area contributed by atoms with Gasteiger partial charge in [0, 0.05) is 12.8 Å². The number of ether oxygens (including phenoxy) is 4. The normalized spacial score (nSPS) is 29.6. The molecule has 0 saturated carbocycles. The lowest BCUT2D eigenvalue weighted by Gasteiger charge is -2.43. The first-order chi connectivity index (χ1) is 13.1. The van der Waals surface area contributed by atoms with E-state index in [1.807, 2.05) is 27.7 Å². The van der Waals surface area contributed by atoms with E-state index in [2.05, 4.69) is 0 Å². The zero-order valence-corrected chi connectivity index (χ0v) is 17.7. The molecule has 0 aromatic rings. The lowest BCUT2D eigenvalue weighted by Crippen LogP contribution is -2.52. The predicted molar refractivity (Wildman–Crippen MR) is 100 cm³/mol. The van der Waals surface area contributed by atoms with Crippen LogP contribution in [0.5, 0.6) is 0 Å². The number of carbonyl (C=O) groups is 3. The summed E-state index contributed by atoms with van der Waals surface area (Å²) in [6.07, 6.45) is -1.90. The summed E-state index contributed by atoms with van der Waals surface area (Å²) < 4.78 is 22.6. The topological polar surface area (TPSA) is 108 Å². The maximum Gasteiger partial charge on any atom is 0.308 e. The molecule has 8 heteroatoms. The molecule has 0 bridgehead atoms. The second-order valence-corrected chi connectivity index (χ2v) is 7.49. The second kappa shape index (κ2) is 11.4. The summed E-state index contributed by atoms with van der Waals surface area (Å²) in [5, 5.41) is 8.87. The third-order valence-electron chi connectivity index (χ3n) is 5.34. The third kappa shape index (κ3) is 7.39. The monoisotopic (exact) mass is 402 g/mol. The van der Waals surface area contributed by atoms with Crippen molar-refractivity contribution in [1.29, 1.82) is 0 Å². The predicted octanol–water partition coefficient (Wildman–Crippen LogP) is 2.92. The van der Waals surface area contributed by atoms with Crippen LogP contribution in [-0.4, -0.2) is 53.7 Å². The van der Waals surface area contributed by atoms with Gasteiger partial charge in [0.15, 0.2) is 12.4 Å². The van der Waals surface area contributed by atoms with Crippen molar-refractivity contribution in [3.63, 3.8) is 0 Å². The van der Waals surface area contributed by atoms with Gasteiger partial charge in [-0.2, -0.15) is 0 Å². The molecule has 0 aliphatic carbocycles. The highest BCUT2D eigenvalue weighted by molar-refractivity contribution is 5.72. The smallest absolute Gasteiger partial charge is 0.308 e. The van der Waals surface area contributed by atoms with Crippen LogP contribution in [0, 0.1) is 11.8 Å². The second-order valence-electron chi connectivity index (χ2n) is 7.49. The third-order valence-corrected chi connectivity index (χ3v) is 5.34. The van der Waals surface area contributed by atoms with Gasteiger partial charge in [-0.1, -0.05) is 27.7 Å². The molecule has 1 saturated heterocycles. The van der Waals surface area contributed by atoms with Crippen molar-refractivity contribution in [2.45, 2.75) is 97.9 Å². The molecule has 0 aromatic carbocycles. The molecule has 4 unspecified atom stereocenters. The van der Waals surface area contributed by atoms with E-state index in [0.717, 1.165) is 0 Å². The summed E-state index contributed by atoms with van der Waals surface area (Å²) >= 11 is 0. The Morgan fingerprint density at radius 3 is 2.11 bits per heavy atom. The number of esters is 2. The van der Waals surface area contributed by atoms with Crippen molar-refractivity contribution >= 4 is 17.9 Å². The van der Waals surface area contributed by atoms with Gasteiger partial charge in [-0.3, -0.25) is 14.4 Å². The first-order valence-corrected chi connectivity index (χ1v) is 9.98. The Morgan fingerprint density at radius 2 is 1.61 bits per heavy atom. The van der Waals surface area contributed by atoms with E-state index in [9.17, 15) is 14.4 Å². The van der Waals surface area contributed by atoms with Crippen molar-refractivity contribution < 1.29 is 38.4 Å². The van der Waals surface area contributed by atoms with Crippen LogP contribution < -0.4 is 0 Å². The fraction of sp³-hybridized carbons (Fsp3) is 0.850. The fourth-order valence-electron chi connectivity index (χ4n) is 3.21. The van der Waals surface area contributed by atoms with E-state index in [1.54, 1.807) is 6.92 Å². The molecule has 28 heavy (non-hydrogen) atoms. The number of hydrogen-bond acceptors (Lipinski definition) is 7. The minimum absolute atomic E-state index is 0.0298. The number of carboxylic acid groups (broad SMARTS) is 1. The van der Waals surface area contributed by atoms with Gasteiger partial charge in [0.1, 0.15) is 6.10 Å². The molecule has 162 valence electrons. The Kier molecular flexibility index (Phi) is 9.89. The van der Waals surface area contributed by atoms with E-state index in [0.29, 0.717) is 12.8 Å². The molecule has 0 aromatic heterocycles. The quantitative estimate of drug-likeness (QED) is 0.556. The Labute approximate surface area is 166 Å². The van der Waals surface area contributed by atoms with Gasteiger partial charge < -0.3 is 24.1 Å². The van der Waals surface area contributed by atoms with Crippen LogP contribution in [0.3, 0.4) is 0 Å². The van der Waals surface area contributed by atoms with Crippen molar-refractivity contribution in [3.8, 4) is 0 Å². The first kappa shape index (κ1) is 24.4. The first-order valence-electron chi connectivity index (χ1n) is 9.98. The minimum atomic E-state index is -1.01. The molecule has 7 atom stereocenters. The average Bonchev–Trinajstić information content (AvgIpc) is 2.61. The van der Waals surface area contributed by atoms with Crippen LogP contribution in [-0.2, 0) is 33.3 Å². The molecule has 8 nitrogen and oxygen atoms in total. The summed E-state index contributed by atoms with van der Waals surface area (Å²) in [6, 6.07) is 0. The van der Waals surface area contributed by atoms with Crippen molar-refractivity contribution in [2.75, 3.05) is 0 Å². The summed E-state index contributed by atoms with van der Waals surface area (Å²) in [6.45, 7) is 10.9. The molecule has 1 N–H and O–H groups in total. The standard InChI is InChI=1S/C20H34O8/c1-7-15(9-17(22)23)27-18(24)10-16(8-2)28-20-19(26-14(6)21)12(4)11(3)13(5)25-20/h11-13,15-16,19-20H,7-10H2,1-6H3,(H,22,23)/t11-,12?,13?,15?,16?,19+,20+/m1/s1. The van der Waals surface area contributed by atoms with Gasteiger partial charge in [0.2, 0.25) is 0 Å². The van der Waals surface area contributed by atoms with Gasteiger partial charge in [0.05, 0.1) is 25.0 Å². The summed E-state index contributed by atoms with van der Waals surface area (Å²) in [5.74, 6) is -1.74. The number of carboxylic acids is 1. The summed E-state index contributed by atoms with van der Waals surface area (Å²) in [5.41, 5.74) is 0. The van der Waals surface area contributed by atoms with E-state index >= 15 is 0 Å². The van der Waals surface area contributed by atoms with Crippen molar-refractivity contribution in [2.24, 2.45) is 11.8 Å². The summed E-state index contributed by atoms with van der Waals surface area (Å²) in [7, 11) is 0. The lowest BCUT2D eigenvalue weighted by atomic mass is 9.84. The summed E-state index contributed by atoms with van der Waals surface area (Å²) in [4.78, 5) is 34.6. The Balaban J connectivity index is 2.75. The van der Waals surface area contributed by atoms with Gasteiger partial charge in [0.25, 0.3) is 0 Å². The van der Waals surface area contributed by atoms with Crippen LogP contribution in [0.15, 0.2) is 0 Å². The highest BCUT2D eigenvalue weighted by Crippen LogP contribution is 2.34. The van der Waals surface area contributed by atoms with E-state index in [-0.39, 0.29) is 30.8 Å². The van der Waals surface area contributed by atoms with E-state index in [4.69, 9.17) is 24.1 Å². The number of aliphatic carboxylic acids is 1. The maximum atomic E-state index is 12.2. The lowest BCUT2D eigenvalue weighted by molar-refractivity contribution is -0.285. The van der Waals surface area contributed by atoms with E-state index in [1.165, 1.54) is 6.92 Å². The van der Waals surface area contributed by atoms with Crippen molar-refractivity contribution in [1.82, 2.24) is 0 Å². The molecule has 0 amide bonds. The molecule has 1 aliphatic heterocycles. The Morgan fingerprint density at radius 1 is 1.00 bits per heavy atom. The van der Waals surface area contributed by atoms with E-state index < -0.39 is 42.5 Å². The fourth-order valence-corrected chi connectivity index (χ4v) is 3.21. The molecule has 1 heterocycles. The van der Waals surface area contributed by atoms with Crippen LogP contribution in [0.2, 0.25) is 0 Å². The molecular weight excluding hydrogens is 368 g/mol. The minimum Gasteiger partial charge on any atom is -0.481 e. The highest BCUT2D eigenvalue weighted by Gasteiger charge is 2.43. The number of hydrogen-bond donors (Lipinski definition) is 1. The van der Waals surface area contributed by atoms with Crippen LogP contribution in [0.4, 0.5) is 0 Å². The average molecular weight is 402 g/mol. The van der Waals surface area contributed by atoms with Crippen molar-refractivity contribution in [3.05, 3.63) is 0 Å². The Bertz CT molecular complexity index is 534. The Hall–Kier alpha value is -1.67. The molecular formula is C20H34O8. The molecule has 1 aliphatic rings. The van der Waals surface area contributed by atoms with Gasteiger partial charge in [-0.15, -0.1) is 0 Å². The zero-order chi connectivity index (χ0) is 21.4. The molecule has 0 radical (unpaired) electrons. The zero-order valence-electron chi connectivity index (χ0n) is 17.7.